The van der Waals surface area contributed by atoms with Crippen LogP contribution >= 0.6 is 15.9 Å². The van der Waals surface area contributed by atoms with E-state index < -0.39 is 0 Å². The Bertz CT molecular complexity index is 391. The molecule has 1 aliphatic heterocycles. The molecule has 4 heteroatoms. The van der Waals surface area contributed by atoms with Gasteiger partial charge >= 0.3 is 6.03 Å². The van der Waals surface area contributed by atoms with Crippen LogP contribution in [0.2, 0.25) is 0 Å². The smallest absolute Gasteiger partial charge is 0.321 e. The topological polar surface area (TPSA) is 32.3 Å². The van der Waals surface area contributed by atoms with Crippen LogP contribution in [0.3, 0.4) is 0 Å². The number of hydrogen-bond acceptors (Lipinski definition) is 1. The zero-order valence-electron chi connectivity index (χ0n) is 9.95. The molecule has 2 amide bonds. The van der Waals surface area contributed by atoms with Crippen molar-refractivity contribution in [2.75, 3.05) is 18.4 Å². The highest BCUT2D eigenvalue weighted by Gasteiger charge is 2.20. The minimum Gasteiger partial charge on any atom is -0.324 e. The summed E-state index contributed by atoms with van der Waals surface area (Å²) in [7, 11) is 0. The van der Waals surface area contributed by atoms with Crippen LogP contribution in [0, 0.1) is 5.92 Å². The van der Waals surface area contributed by atoms with Gasteiger partial charge in [0.25, 0.3) is 0 Å². The predicted octanol–water partition coefficient (Wildman–Crippen LogP) is 3.71. The number of piperidine rings is 1. The summed E-state index contributed by atoms with van der Waals surface area (Å²) in [5.74, 6) is 0.611. The average Bonchev–Trinajstić information content (AvgIpc) is 2.32. The zero-order chi connectivity index (χ0) is 12.3. The van der Waals surface area contributed by atoms with Crippen LogP contribution in [0.25, 0.3) is 0 Å². The summed E-state index contributed by atoms with van der Waals surface area (Å²) < 4.78 is 1.02. The van der Waals surface area contributed by atoms with Gasteiger partial charge in [0, 0.05) is 23.2 Å². The molecule has 0 aliphatic carbocycles. The van der Waals surface area contributed by atoms with E-state index in [-0.39, 0.29) is 6.03 Å². The monoisotopic (exact) mass is 296 g/mol. The van der Waals surface area contributed by atoms with Crippen LogP contribution in [0.5, 0.6) is 0 Å². The summed E-state index contributed by atoms with van der Waals surface area (Å²) in [5, 5.41) is 2.93. The maximum atomic E-state index is 12.0. The molecule has 1 saturated heterocycles. The lowest BCUT2D eigenvalue weighted by Crippen LogP contribution is -2.41. The van der Waals surface area contributed by atoms with E-state index in [2.05, 4.69) is 28.2 Å². The summed E-state index contributed by atoms with van der Waals surface area (Å²) in [6.07, 6.45) is 2.33. The van der Waals surface area contributed by atoms with E-state index in [1.807, 2.05) is 29.2 Å². The molecule has 17 heavy (non-hydrogen) atoms. The average molecular weight is 297 g/mol. The number of rotatable bonds is 1. The van der Waals surface area contributed by atoms with Gasteiger partial charge in [0.05, 0.1) is 0 Å². The summed E-state index contributed by atoms with van der Waals surface area (Å²) in [6, 6.07) is 7.66. The van der Waals surface area contributed by atoms with Crippen molar-refractivity contribution in [1.29, 1.82) is 0 Å². The molecular weight excluding hydrogens is 280 g/mol. The Morgan fingerprint density at radius 1 is 1.41 bits per heavy atom. The van der Waals surface area contributed by atoms with Crippen LogP contribution in [-0.2, 0) is 0 Å². The molecule has 1 N–H and O–H groups in total. The Morgan fingerprint density at radius 3 is 2.76 bits per heavy atom. The molecule has 1 aromatic carbocycles. The number of benzene rings is 1. The van der Waals surface area contributed by atoms with Gasteiger partial charge in [-0.15, -0.1) is 0 Å². The quantitative estimate of drug-likeness (QED) is 0.842. The Kier molecular flexibility index (Phi) is 4.05. The van der Waals surface area contributed by atoms with Gasteiger partial charge in [-0.2, -0.15) is 0 Å². The molecule has 1 atom stereocenters. The van der Waals surface area contributed by atoms with E-state index >= 15 is 0 Å². The maximum Gasteiger partial charge on any atom is 0.321 e. The molecule has 1 heterocycles. The number of carbonyl (C=O) groups is 1. The molecule has 92 valence electrons. The molecule has 0 aromatic heterocycles. The van der Waals surface area contributed by atoms with Crippen molar-refractivity contribution < 1.29 is 4.79 Å². The van der Waals surface area contributed by atoms with Crippen molar-refractivity contribution in [3.05, 3.63) is 28.7 Å². The number of anilines is 1. The van der Waals surface area contributed by atoms with Crippen molar-refractivity contribution in [3.63, 3.8) is 0 Å². The lowest BCUT2D eigenvalue weighted by atomic mass is 10.0. The Morgan fingerprint density at radius 2 is 2.12 bits per heavy atom. The Hall–Kier alpha value is -1.03. The summed E-state index contributed by atoms with van der Waals surface area (Å²) in [6.45, 7) is 3.92. The van der Waals surface area contributed by atoms with Gasteiger partial charge in [0.1, 0.15) is 0 Å². The molecule has 3 nitrogen and oxygen atoms in total. The number of likely N-dealkylation sites (tertiary alicyclic amines) is 1. The molecule has 0 spiro atoms. The van der Waals surface area contributed by atoms with Gasteiger partial charge in [-0.25, -0.2) is 4.79 Å². The lowest BCUT2D eigenvalue weighted by Gasteiger charge is -2.30. The van der Waals surface area contributed by atoms with Crippen molar-refractivity contribution >= 4 is 27.6 Å². The normalized spacial score (nSPS) is 20.1. The van der Waals surface area contributed by atoms with Crippen LogP contribution in [0.4, 0.5) is 10.5 Å². The SMILES string of the molecule is C[C@H]1CCCN(C(=O)Nc2ccc(Br)cc2)C1. The third kappa shape index (κ3) is 3.46. The van der Waals surface area contributed by atoms with Gasteiger partial charge in [0.15, 0.2) is 0 Å². The highest BCUT2D eigenvalue weighted by Crippen LogP contribution is 2.18. The van der Waals surface area contributed by atoms with Crippen molar-refractivity contribution in [2.24, 2.45) is 5.92 Å². The molecule has 0 unspecified atom stereocenters. The van der Waals surface area contributed by atoms with Gasteiger partial charge < -0.3 is 10.2 Å². The lowest BCUT2D eigenvalue weighted by molar-refractivity contribution is 0.182. The summed E-state index contributed by atoms with van der Waals surface area (Å²) in [5.41, 5.74) is 0.844. The first-order chi connectivity index (χ1) is 8.15. The fraction of sp³-hybridized carbons (Fsp3) is 0.462. The van der Waals surface area contributed by atoms with Crippen LogP contribution in [-0.4, -0.2) is 24.0 Å². The first-order valence-corrected chi connectivity index (χ1v) is 6.76. The molecule has 2 rings (SSSR count). The van der Waals surface area contributed by atoms with Gasteiger partial charge in [-0.3, -0.25) is 0 Å². The molecule has 0 saturated carbocycles. The second-order valence-corrected chi connectivity index (χ2v) is 5.55. The van der Waals surface area contributed by atoms with E-state index in [1.165, 1.54) is 6.42 Å². The number of nitrogens with zero attached hydrogens (tertiary/aromatic N) is 1. The summed E-state index contributed by atoms with van der Waals surface area (Å²) >= 11 is 3.37. The fourth-order valence-electron chi connectivity index (χ4n) is 2.11. The molecule has 0 bridgehead atoms. The van der Waals surface area contributed by atoms with E-state index in [0.717, 1.165) is 29.7 Å². The van der Waals surface area contributed by atoms with Crippen LogP contribution < -0.4 is 5.32 Å². The van der Waals surface area contributed by atoms with Crippen molar-refractivity contribution in [3.8, 4) is 0 Å². The van der Waals surface area contributed by atoms with E-state index in [0.29, 0.717) is 5.92 Å². The molecule has 1 fully saturated rings. The maximum absolute atomic E-state index is 12.0. The number of hydrogen-bond donors (Lipinski definition) is 1. The zero-order valence-corrected chi connectivity index (χ0v) is 11.5. The molecular formula is C13H17BrN2O. The molecule has 1 aliphatic rings. The standard InChI is InChI=1S/C13H17BrN2O/c1-10-3-2-8-16(9-10)13(17)15-12-6-4-11(14)5-7-12/h4-7,10H,2-3,8-9H2,1H3,(H,15,17)/t10-/m0/s1. The van der Waals surface area contributed by atoms with E-state index in [1.54, 1.807) is 0 Å². The number of nitrogens with one attached hydrogen (secondary N) is 1. The first kappa shape index (κ1) is 12.4. The van der Waals surface area contributed by atoms with E-state index in [9.17, 15) is 4.79 Å². The number of amides is 2. The first-order valence-electron chi connectivity index (χ1n) is 5.96. The van der Waals surface area contributed by atoms with Crippen LogP contribution in [0.15, 0.2) is 28.7 Å². The van der Waals surface area contributed by atoms with Gasteiger partial charge in [0.2, 0.25) is 0 Å². The number of halogens is 1. The predicted molar refractivity (Wildman–Crippen MR) is 73.1 cm³/mol. The molecule has 1 aromatic rings. The minimum atomic E-state index is 0.0128. The fourth-order valence-corrected chi connectivity index (χ4v) is 2.37. The van der Waals surface area contributed by atoms with Gasteiger partial charge in [-0.1, -0.05) is 22.9 Å². The minimum absolute atomic E-state index is 0.0128. The highest BCUT2D eigenvalue weighted by molar-refractivity contribution is 9.10. The number of urea groups is 1. The van der Waals surface area contributed by atoms with Gasteiger partial charge in [-0.05, 0) is 43.0 Å². The largest absolute Gasteiger partial charge is 0.324 e. The Balaban J connectivity index is 1.94. The van der Waals surface area contributed by atoms with Crippen molar-refractivity contribution in [1.82, 2.24) is 4.90 Å². The molecule has 0 radical (unpaired) electrons. The highest BCUT2D eigenvalue weighted by atomic mass is 79.9. The third-order valence-electron chi connectivity index (χ3n) is 3.04. The van der Waals surface area contributed by atoms with Crippen molar-refractivity contribution in [2.45, 2.75) is 19.8 Å². The van der Waals surface area contributed by atoms with Crippen LogP contribution in [0.1, 0.15) is 19.8 Å². The second kappa shape index (κ2) is 5.54. The third-order valence-corrected chi connectivity index (χ3v) is 3.57. The van der Waals surface area contributed by atoms with E-state index in [4.69, 9.17) is 0 Å². The Labute approximate surface area is 110 Å². The number of carbonyl (C=O) groups excluding carboxylic acids is 1. The summed E-state index contributed by atoms with van der Waals surface area (Å²) in [4.78, 5) is 13.9. The second-order valence-electron chi connectivity index (χ2n) is 4.63.